The molecule has 0 aliphatic heterocycles. The van der Waals surface area contributed by atoms with Crippen LogP contribution in [0, 0.1) is 0 Å². The highest BCUT2D eigenvalue weighted by Gasteiger charge is 2.02. The summed E-state index contributed by atoms with van der Waals surface area (Å²) in [6.45, 7) is 2.23. The van der Waals surface area contributed by atoms with Gasteiger partial charge in [-0.1, -0.05) is 0 Å². The lowest BCUT2D eigenvalue weighted by Gasteiger charge is -2.21. The zero-order valence-electron chi connectivity index (χ0n) is 12.9. The number of nitrogens with two attached hydrogens (primary N) is 1. The molecule has 9 heteroatoms. The van der Waals surface area contributed by atoms with E-state index in [9.17, 15) is 0 Å². The zero-order valence-corrected chi connectivity index (χ0v) is 13.8. The molecular weight excluding hydrogens is 273 g/mol. The molecule has 0 aromatic heterocycles. The summed E-state index contributed by atoms with van der Waals surface area (Å²) >= 11 is 0. The van der Waals surface area contributed by atoms with Gasteiger partial charge in [-0.05, 0) is 7.75 Å². The maximum absolute atomic E-state index is 8.88. The fraction of sp³-hybridized carbons (Fsp3) is 1.00. The topological polar surface area (TPSA) is 130 Å². The van der Waals surface area contributed by atoms with E-state index < -0.39 is 7.75 Å². The molecule has 0 aromatic carbocycles. The largest absolute Gasteiger partial charge is 0.799 e. The monoisotopic (exact) mass is 303 g/mol. The molecule has 0 radical (unpaired) electrons. The lowest BCUT2D eigenvalue weighted by Crippen LogP contribution is -2.36. The first-order valence-electron chi connectivity index (χ1n) is 5.75. The zero-order chi connectivity index (χ0) is 16.3. The molecule has 0 aliphatic rings. The Labute approximate surface area is 116 Å². The number of aliphatic hydroxyl groups excluding tert-OH is 2. The highest BCUT2D eigenvalue weighted by atomic mass is 31.2. The summed E-state index contributed by atoms with van der Waals surface area (Å²) in [6, 6.07) is 0. The van der Waals surface area contributed by atoms with E-state index in [2.05, 4.69) is 47.8 Å². The number of nitrogens with zero attached hydrogens (tertiary/aromatic N) is 2. The summed E-state index contributed by atoms with van der Waals surface area (Å²) in [5.74, 6) is 0. The molecule has 0 saturated carbocycles. The van der Waals surface area contributed by atoms with E-state index in [1.165, 1.54) is 0 Å². The molecule has 0 aliphatic carbocycles. The van der Waals surface area contributed by atoms with Gasteiger partial charge in [0.25, 0.3) is 0 Å². The number of likely N-dealkylation sites (N-methyl/N-ethyl adjacent to an activating group) is 2. The summed E-state index contributed by atoms with van der Waals surface area (Å²) in [5.41, 5.74) is 3.80. The first-order chi connectivity index (χ1) is 8.12. The van der Waals surface area contributed by atoms with Gasteiger partial charge >= 0.3 is 0 Å². The number of aliphatic hydroxyl groups is 2. The average Bonchev–Trinajstić information content (AvgIpc) is 1.95. The molecule has 0 bridgehead atoms. The molecule has 8 nitrogen and oxygen atoms in total. The third-order valence-corrected chi connectivity index (χ3v) is 1.54. The fourth-order valence-corrected chi connectivity index (χ4v) is 0.600. The van der Waals surface area contributed by atoms with E-state index in [1.807, 2.05) is 0 Å². The van der Waals surface area contributed by atoms with Crippen molar-refractivity contribution in [2.75, 3.05) is 68.6 Å². The van der Waals surface area contributed by atoms with E-state index in [1.54, 1.807) is 0 Å². The van der Waals surface area contributed by atoms with Gasteiger partial charge in [-0.25, -0.2) is 0 Å². The Bertz CT molecular complexity index is 220. The van der Waals surface area contributed by atoms with E-state index in [0.29, 0.717) is 0 Å². The smallest absolute Gasteiger partial charge is 0.101 e. The Morgan fingerprint density at radius 1 is 0.895 bits per heavy atom. The van der Waals surface area contributed by atoms with Crippen LogP contribution >= 0.6 is 7.75 Å². The van der Waals surface area contributed by atoms with Gasteiger partial charge in [-0.2, -0.15) is 0 Å². The van der Waals surface area contributed by atoms with Crippen molar-refractivity contribution in [3.05, 3.63) is 0 Å². The lowest BCUT2D eigenvalue weighted by atomic mass is 10.5. The molecule has 0 rings (SSSR count). The predicted molar refractivity (Wildman–Crippen MR) is 71.8 cm³/mol. The summed E-state index contributed by atoms with van der Waals surface area (Å²) in [7, 11) is 7.67. The van der Waals surface area contributed by atoms with Crippen LogP contribution < -0.4 is 15.3 Å². The van der Waals surface area contributed by atoms with Crippen LogP contribution in [0.4, 0.5) is 0 Å². The van der Waals surface area contributed by atoms with Crippen LogP contribution in [0.5, 0.6) is 0 Å². The molecule has 0 spiro atoms. The Morgan fingerprint density at radius 3 is 1.05 bits per heavy atom. The summed E-state index contributed by atoms with van der Waals surface area (Å²) in [5, 5.41) is 16.8. The van der Waals surface area contributed by atoms with Gasteiger partial charge in [0.05, 0.1) is 55.5 Å². The molecule has 19 heavy (non-hydrogen) atoms. The molecule has 0 saturated heterocycles. The number of quaternary nitrogens is 2. The highest BCUT2D eigenvalue weighted by molar-refractivity contribution is 7.45. The summed E-state index contributed by atoms with van der Waals surface area (Å²) < 4.78 is 10.6. The SMILES string of the molecule is C[N+](C)(C)CCO.C[N+](C)(C)CCO.NP(=O)([O-])[O-]. The standard InChI is InChI=1S/2C5H14NO.H4NO3P/c2*1-6(2,3)4-5-7;1-5(2,3)4/h2*7H,4-5H2,1-3H3;(H4,1,2,3,4)/q2*+1;/p-2. The van der Waals surface area contributed by atoms with E-state index >= 15 is 0 Å². The molecule has 0 fully saturated rings. The minimum Gasteiger partial charge on any atom is -0.799 e. The van der Waals surface area contributed by atoms with Crippen molar-refractivity contribution in [2.45, 2.75) is 0 Å². The van der Waals surface area contributed by atoms with Gasteiger partial charge in [0.15, 0.2) is 0 Å². The van der Waals surface area contributed by atoms with Gasteiger partial charge in [0.1, 0.15) is 13.1 Å². The minimum atomic E-state index is -4.64. The maximum atomic E-state index is 8.88. The Balaban J connectivity index is -0.000000206. The third-order valence-electron chi connectivity index (χ3n) is 1.54. The third kappa shape index (κ3) is 72.3. The van der Waals surface area contributed by atoms with Crippen LogP contribution in [0.15, 0.2) is 0 Å². The normalized spacial score (nSPS) is 11.9. The van der Waals surface area contributed by atoms with Gasteiger partial charge in [-0.3, -0.25) is 0 Å². The molecule has 4 N–H and O–H groups in total. The van der Waals surface area contributed by atoms with Crippen LogP contribution in [-0.2, 0) is 4.57 Å². The second kappa shape index (κ2) is 10.7. The van der Waals surface area contributed by atoms with Crippen LogP contribution in [-0.4, -0.2) is 87.8 Å². The second-order valence-electron chi connectivity index (χ2n) is 6.01. The second-order valence-corrected chi connectivity index (χ2v) is 7.09. The van der Waals surface area contributed by atoms with Crippen molar-refractivity contribution < 1.29 is 33.5 Å². The molecule has 0 atom stereocenters. The van der Waals surface area contributed by atoms with Crippen molar-refractivity contribution in [1.29, 1.82) is 0 Å². The number of hydrogen-bond acceptors (Lipinski definition) is 5. The molecular formula is C10H30N3O5P. The van der Waals surface area contributed by atoms with E-state index in [0.717, 1.165) is 22.1 Å². The lowest BCUT2D eigenvalue weighted by molar-refractivity contribution is -0.870. The molecule has 0 aromatic rings. The molecule has 0 amide bonds. The molecule has 0 unspecified atom stereocenters. The predicted octanol–water partition coefficient (Wildman–Crippen LogP) is -2.86. The van der Waals surface area contributed by atoms with E-state index in [4.69, 9.17) is 24.6 Å². The fourth-order valence-electron chi connectivity index (χ4n) is 0.600. The number of hydrogen-bond donors (Lipinski definition) is 3. The average molecular weight is 303 g/mol. The van der Waals surface area contributed by atoms with Gasteiger partial charge < -0.3 is 39.0 Å². The van der Waals surface area contributed by atoms with Crippen molar-refractivity contribution in [3.8, 4) is 0 Å². The first-order valence-corrected chi connectivity index (χ1v) is 7.37. The first kappa shape index (κ1) is 24.0. The number of rotatable bonds is 4. The Kier molecular flexibility index (Phi) is 13.5. The molecule has 120 valence electrons. The highest BCUT2D eigenvalue weighted by Crippen LogP contribution is 2.04. The van der Waals surface area contributed by atoms with Crippen molar-refractivity contribution in [1.82, 2.24) is 0 Å². The molecule has 0 heterocycles. The summed E-state index contributed by atoms with van der Waals surface area (Å²) in [6.07, 6.45) is 0. The van der Waals surface area contributed by atoms with Gasteiger partial charge in [0, 0.05) is 0 Å². The van der Waals surface area contributed by atoms with E-state index in [-0.39, 0.29) is 13.2 Å². The van der Waals surface area contributed by atoms with Crippen LogP contribution in [0.2, 0.25) is 0 Å². The van der Waals surface area contributed by atoms with Gasteiger partial charge in [0.2, 0.25) is 0 Å². The van der Waals surface area contributed by atoms with Crippen LogP contribution in [0.1, 0.15) is 0 Å². The van der Waals surface area contributed by atoms with Crippen molar-refractivity contribution in [2.24, 2.45) is 5.50 Å². The van der Waals surface area contributed by atoms with Crippen molar-refractivity contribution in [3.63, 3.8) is 0 Å². The Morgan fingerprint density at radius 2 is 1.05 bits per heavy atom. The summed E-state index contributed by atoms with van der Waals surface area (Å²) in [4.78, 5) is 17.8. The van der Waals surface area contributed by atoms with Crippen LogP contribution in [0.3, 0.4) is 0 Å². The Hall–Kier alpha value is -0.0500. The van der Waals surface area contributed by atoms with Gasteiger partial charge in [-0.15, -0.1) is 0 Å². The van der Waals surface area contributed by atoms with Crippen LogP contribution in [0.25, 0.3) is 0 Å². The van der Waals surface area contributed by atoms with Crippen molar-refractivity contribution >= 4 is 7.75 Å². The quantitative estimate of drug-likeness (QED) is 0.378. The maximum Gasteiger partial charge on any atom is 0.101 e. The minimum absolute atomic E-state index is 0.281.